The molecule has 3 aromatic heterocycles. The molecule has 0 atom stereocenters. The lowest BCUT2D eigenvalue weighted by molar-refractivity contribution is -0.112. The summed E-state index contributed by atoms with van der Waals surface area (Å²) < 4.78 is 2.18. The molecule has 0 aliphatic rings. The van der Waals surface area contributed by atoms with Gasteiger partial charge in [-0.05, 0) is 46.8 Å². The molecule has 3 aromatic rings. The van der Waals surface area contributed by atoms with Crippen LogP contribution in [0.4, 0.5) is 11.6 Å². The molecule has 0 bridgehead atoms. The highest BCUT2D eigenvalue weighted by atomic mass is 16.1. The lowest BCUT2D eigenvalue weighted by Gasteiger charge is -2.11. The van der Waals surface area contributed by atoms with Gasteiger partial charge in [0.2, 0.25) is 0 Å². The van der Waals surface area contributed by atoms with Crippen LogP contribution in [-0.2, 0) is 4.79 Å². The monoisotopic (exact) mass is 364 g/mol. The lowest BCUT2D eigenvalue weighted by Crippen LogP contribution is -2.08. The van der Waals surface area contributed by atoms with Crippen molar-refractivity contribution >= 4 is 35.0 Å². The fraction of sp³-hybridized carbons (Fsp3) is 0.350. The van der Waals surface area contributed by atoms with E-state index in [1.165, 1.54) is 0 Å². The minimum absolute atomic E-state index is 0.308. The van der Waals surface area contributed by atoms with E-state index in [1.807, 2.05) is 26.8 Å². The van der Waals surface area contributed by atoms with Gasteiger partial charge in [-0.1, -0.05) is 6.08 Å². The van der Waals surface area contributed by atoms with Crippen molar-refractivity contribution in [2.75, 3.05) is 5.32 Å². The number of aldehydes is 1. The lowest BCUT2D eigenvalue weighted by atomic mass is 9.95. The number of fused-ring (bicyclic) bond motifs is 1. The van der Waals surface area contributed by atoms with Crippen molar-refractivity contribution in [1.82, 2.24) is 24.5 Å². The van der Waals surface area contributed by atoms with Gasteiger partial charge in [-0.3, -0.25) is 0 Å². The molecule has 3 heterocycles. The Morgan fingerprint density at radius 3 is 2.67 bits per heavy atom. The normalized spacial score (nSPS) is 12.2. The number of imidazole rings is 1. The number of aryl methyl sites for hydroxylation is 1. The van der Waals surface area contributed by atoms with Crippen molar-refractivity contribution in [2.45, 2.75) is 40.7 Å². The number of nitrogens with one attached hydrogen (secondary N) is 1. The number of hydrogen-bond acceptors (Lipinski definition) is 6. The molecule has 0 unspecified atom stereocenters. The third kappa shape index (κ3) is 4.19. The number of allylic oxidation sites excluding steroid dienone is 1. The molecule has 0 aliphatic carbocycles. The van der Waals surface area contributed by atoms with E-state index in [1.54, 1.807) is 30.6 Å². The van der Waals surface area contributed by atoms with Crippen molar-refractivity contribution in [2.24, 2.45) is 5.41 Å². The van der Waals surface area contributed by atoms with E-state index in [2.05, 4.69) is 43.7 Å². The second kappa shape index (κ2) is 7.26. The fourth-order valence-corrected chi connectivity index (χ4v) is 2.82. The Kier molecular flexibility index (Phi) is 5.03. The SMILES string of the molecule is Cc1nc2cnc(Nc3ccnc(/C=C/C(C)(C)C=O)n3)cc2n1C(C)C. The molecule has 0 saturated heterocycles. The van der Waals surface area contributed by atoms with Gasteiger partial charge < -0.3 is 14.7 Å². The summed E-state index contributed by atoms with van der Waals surface area (Å²) in [4.78, 5) is 28.7. The zero-order chi connectivity index (χ0) is 19.6. The van der Waals surface area contributed by atoms with Gasteiger partial charge in [-0.2, -0.15) is 0 Å². The molecule has 7 nitrogen and oxygen atoms in total. The van der Waals surface area contributed by atoms with Crippen LogP contribution in [0.3, 0.4) is 0 Å². The molecule has 0 radical (unpaired) electrons. The smallest absolute Gasteiger partial charge is 0.153 e. The molecule has 7 heteroatoms. The van der Waals surface area contributed by atoms with Gasteiger partial charge in [0.15, 0.2) is 5.82 Å². The molecule has 3 rings (SSSR count). The first kappa shape index (κ1) is 18.7. The maximum atomic E-state index is 11.0. The van der Waals surface area contributed by atoms with Crippen LogP contribution in [0.25, 0.3) is 17.1 Å². The first-order valence-electron chi connectivity index (χ1n) is 8.89. The van der Waals surface area contributed by atoms with Crippen molar-refractivity contribution in [3.63, 3.8) is 0 Å². The van der Waals surface area contributed by atoms with Crippen LogP contribution in [-0.4, -0.2) is 30.8 Å². The third-order valence-corrected chi connectivity index (χ3v) is 4.16. The number of nitrogens with zero attached hydrogens (tertiary/aromatic N) is 5. The van der Waals surface area contributed by atoms with Gasteiger partial charge >= 0.3 is 0 Å². The number of aromatic nitrogens is 5. The number of pyridine rings is 1. The Balaban J connectivity index is 1.88. The van der Waals surface area contributed by atoms with E-state index in [9.17, 15) is 4.79 Å². The summed E-state index contributed by atoms with van der Waals surface area (Å²) >= 11 is 0. The Morgan fingerprint density at radius 1 is 1.19 bits per heavy atom. The highest BCUT2D eigenvalue weighted by Gasteiger charge is 2.13. The molecular weight excluding hydrogens is 340 g/mol. The highest BCUT2D eigenvalue weighted by molar-refractivity contribution is 5.79. The Morgan fingerprint density at radius 2 is 1.96 bits per heavy atom. The average molecular weight is 364 g/mol. The van der Waals surface area contributed by atoms with Crippen LogP contribution >= 0.6 is 0 Å². The summed E-state index contributed by atoms with van der Waals surface area (Å²) in [5.41, 5.74) is 1.35. The minimum Gasteiger partial charge on any atom is -0.326 e. The largest absolute Gasteiger partial charge is 0.326 e. The van der Waals surface area contributed by atoms with E-state index in [4.69, 9.17) is 0 Å². The maximum absolute atomic E-state index is 11.0. The minimum atomic E-state index is -0.549. The van der Waals surface area contributed by atoms with Crippen LogP contribution in [0.5, 0.6) is 0 Å². The second-order valence-corrected chi connectivity index (χ2v) is 7.38. The fourth-order valence-electron chi connectivity index (χ4n) is 2.82. The quantitative estimate of drug-likeness (QED) is 0.663. The van der Waals surface area contributed by atoms with Crippen LogP contribution in [0.1, 0.15) is 45.4 Å². The summed E-state index contributed by atoms with van der Waals surface area (Å²) in [6, 6.07) is 4.06. The number of carbonyl (C=O) groups is 1. The molecule has 27 heavy (non-hydrogen) atoms. The number of anilines is 2. The number of rotatable bonds is 6. The second-order valence-electron chi connectivity index (χ2n) is 7.38. The van der Waals surface area contributed by atoms with Gasteiger partial charge in [0.25, 0.3) is 0 Å². The molecule has 140 valence electrons. The first-order chi connectivity index (χ1) is 12.8. The number of carbonyl (C=O) groups excluding carboxylic acids is 1. The van der Waals surface area contributed by atoms with E-state index < -0.39 is 5.41 Å². The van der Waals surface area contributed by atoms with Crippen molar-refractivity contribution in [1.29, 1.82) is 0 Å². The molecule has 0 spiro atoms. The van der Waals surface area contributed by atoms with Gasteiger partial charge in [-0.25, -0.2) is 19.9 Å². The highest BCUT2D eigenvalue weighted by Crippen LogP contribution is 2.23. The summed E-state index contributed by atoms with van der Waals surface area (Å²) in [6.07, 6.45) is 7.85. The van der Waals surface area contributed by atoms with Gasteiger partial charge in [0, 0.05) is 23.7 Å². The summed E-state index contributed by atoms with van der Waals surface area (Å²) in [5, 5.41) is 3.22. The molecule has 0 aliphatic heterocycles. The summed E-state index contributed by atoms with van der Waals surface area (Å²) in [7, 11) is 0. The van der Waals surface area contributed by atoms with Crippen molar-refractivity contribution in [3.05, 3.63) is 42.3 Å². The van der Waals surface area contributed by atoms with Crippen molar-refractivity contribution in [3.8, 4) is 0 Å². The van der Waals surface area contributed by atoms with Crippen LogP contribution in [0.2, 0.25) is 0 Å². The number of hydrogen-bond donors (Lipinski definition) is 1. The van der Waals surface area contributed by atoms with Crippen LogP contribution in [0, 0.1) is 12.3 Å². The Bertz CT molecular complexity index is 1000. The van der Waals surface area contributed by atoms with E-state index in [0.29, 0.717) is 23.5 Å². The van der Waals surface area contributed by atoms with Gasteiger partial charge in [0.05, 0.1) is 11.7 Å². The predicted molar refractivity (Wildman–Crippen MR) is 107 cm³/mol. The van der Waals surface area contributed by atoms with E-state index in [0.717, 1.165) is 23.1 Å². The Hall–Kier alpha value is -3.09. The van der Waals surface area contributed by atoms with Gasteiger partial charge in [-0.15, -0.1) is 0 Å². The van der Waals surface area contributed by atoms with Crippen LogP contribution < -0.4 is 5.32 Å². The predicted octanol–water partition coefficient (Wildman–Crippen LogP) is 4.09. The molecular formula is C20H24N6O. The standard InChI is InChI=1S/C20H24N6O/c1-13(2)26-14(3)23-15-11-22-19(10-16(15)26)25-18-7-9-21-17(24-18)6-8-20(4,5)12-27/h6-13H,1-5H3,(H,21,22,24,25)/b8-6+. The van der Waals surface area contributed by atoms with Gasteiger partial charge in [0.1, 0.15) is 29.3 Å². The van der Waals surface area contributed by atoms with E-state index >= 15 is 0 Å². The Labute approximate surface area is 158 Å². The van der Waals surface area contributed by atoms with Crippen LogP contribution in [0.15, 0.2) is 30.6 Å². The summed E-state index contributed by atoms with van der Waals surface area (Å²) in [5.74, 6) is 2.81. The third-order valence-electron chi connectivity index (χ3n) is 4.16. The topological polar surface area (TPSA) is 85.6 Å². The average Bonchev–Trinajstić information content (AvgIpc) is 2.96. The van der Waals surface area contributed by atoms with E-state index in [-0.39, 0.29) is 0 Å². The van der Waals surface area contributed by atoms with Crippen molar-refractivity contribution < 1.29 is 4.79 Å². The zero-order valence-corrected chi connectivity index (χ0v) is 16.3. The molecule has 1 N–H and O–H groups in total. The zero-order valence-electron chi connectivity index (χ0n) is 16.3. The summed E-state index contributed by atoms with van der Waals surface area (Å²) in [6.45, 7) is 9.92. The molecule has 0 aromatic carbocycles. The molecule has 0 saturated carbocycles. The maximum Gasteiger partial charge on any atom is 0.153 e. The first-order valence-corrected chi connectivity index (χ1v) is 8.89. The molecule has 0 fully saturated rings. The molecule has 0 amide bonds.